The summed E-state index contributed by atoms with van der Waals surface area (Å²) in [5.41, 5.74) is 1.75. The highest BCUT2D eigenvalue weighted by atomic mass is 79.9. The molecule has 1 aliphatic rings. The van der Waals surface area contributed by atoms with Crippen LogP contribution in [0, 0.1) is 0 Å². The second kappa shape index (κ2) is 11.3. The van der Waals surface area contributed by atoms with Crippen LogP contribution in [-0.4, -0.2) is 69.1 Å². The summed E-state index contributed by atoms with van der Waals surface area (Å²) in [6.07, 6.45) is 0. The Kier molecular flexibility index (Phi) is 7.86. The third-order valence-corrected chi connectivity index (χ3v) is 7.97. The maximum atomic E-state index is 13.3. The minimum atomic E-state index is -0.410. The topological polar surface area (TPSA) is 98.8 Å². The predicted octanol–water partition coefficient (Wildman–Crippen LogP) is 2.78. The van der Waals surface area contributed by atoms with Gasteiger partial charge in [0.15, 0.2) is 16.3 Å². The van der Waals surface area contributed by atoms with Crippen LogP contribution in [0.5, 0.6) is 11.5 Å². The molecule has 0 atom stereocenters. The molecule has 13 heteroatoms. The van der Waals surface area contributed by atoms with Crippen molar-refractivity contribution in [2.75, 3.05) is 50.6 Å². The molecule has 5 rings (SSSR count). The molecule has 2 aromatic carbocycles. The number of benzene rings is 2. The van der Waals surface area contributed by atoms with Crippen molar-refractivity contribution in [3.8, 4) is 11.5 Å². The van der Waals surface area contributed by atoms with Crippen molar-refractivity contribution in [3.63, 3.8) is 0 Å². The lowest BCUT2D eigenvalue weighted by atomic mass is 10.2. The number of ether oxygens (including phenoxy) is 2. The van der Waals surface area contributed by atoms with Crippen LogP contribution in [0.1, 0.15) is 5.56 Å². The van der Waals surface area contributed by atoms with Crippen molar-refractivity contribution >= 4 is 56.1 Å². The van der Waals surface area contributed by atoms with Crippen LogP contribution >= 0.6 is 28.1 Å². The summed E-state index contributed by atoms with van der Waals surface area (Å²) in [6.45, 7) is 2.97. The van der Waals surface area contributed by atoms with Gasteiger partial charge in [-0.1, -0.05) is 28.1 Å². The molecule has 11 nitrogen and oxygen atoms in total. The molecule has 2 aromatic heterocycles. The van der Waals surface area contributed by atoms with Crippen LogP contribution in [0.4, 0.5) is 11.6 Å². The van der Waals surface area contributed by atoms with E-state index in [1.807, 2.05) is 41.0 Å². The lowest BCUT2D eigenvalue weighted by molar-refractivity contribution is 0.385. The minimum absolute atomic E-state index is 0.367. The molecule has 40 heavy (non-hydrogen) atoms. The van der Waals surface area contributed by atoms with Gasteiger partial charge in [0.25, 0.3) is 5.56 Å². The highest BCUT2D eigenvalue weighted by molar-refractivity contribution is 9.10. The van der Waals surface area contributed by atoms with Gasteiger partial charge >= 0.3 is 5.69 Å². The number of rotatable bonds is 6. The average molecular weight is 629 g/mol. The zero-order valence-electron chi connectivity index (χ0n) is 22.7. The monoisotopic (exact) mass is 627 g/mol. The second-order valence-corrected chi connectivity index (χ2v) is 10.8. The molecule has 0 bridgehead atoms. The van der Waals surface area contributed by atoms with E-state index >= 15 is 0 Å². The van der Waals surface area contributed by atoms with Crippen molar-refractivity contribution in [1.29, 1.82) is 0 Å². The van der Waals surface area contributed by atoms with E-state index < -0.39 is 5.69 Å². The molecule has 1 aliphatic heterocycles. The van der Waals surface area contributed by atoms with E-state index in [-0.39, 0.29) is 5.56 Å². The Hall–Kier alpha value is -3.84. The Balaban J connectivity index is 1.42. The molecule has 0 saturated carbocycles. The lowest BCUT2D eigenvalue weighted by Crippen LogP contribution is -2.50. The molecule has 1 saturated heterocycles. The summed E-state index contributed by atoms with van der Waals surface area (Å²) < 4.78 is 16.2. The number of imidazole rings is 1. The number of thiocarbonyl (C=S) groups is 1. The van der Waals surface area contributed by atoms with E-state index in [1.165, 1.54) is 11.6 Å². The fourth-order valence-corrected chi connectivity index (χ4v) is 5.36. The van der Waals surface area contributed by atoms with Gasteiger partial charge in [0.05, 0.1) is 26.5 Å². The van der Waals surface area contributed by atoms with Crippen LogP contribution in [-0.2, 0) is 20.6 Å². The Morgan fingerprint density at radius 1 is 1.00 bits per heavy atom. The largest absolute Gasteiger partial charge is 0.497 e. The quantitative estimate of drug-likeness (QED) is 0.324. The number of fused-ring (bicyclic) bond motifs is 1. The van der Waals surface area contributed by atoms with Crippen molar-refractivity contribution in [2.45, 2.75) is 6.54 Å². The Bertz CT molecular complexity index is 1690. The standard InChI is InChI=1S/C27H30BrN7O4S/c1-31-23-22(24(36)32(2)27(31)37)35(16-17-5-7-18(28)8-6-17)25(30-23)33-11-13-34(14-12-33)26(40)29-20-10-9-19(38-3)15-21(20)39-4/h5-10,15H,11-14,16H2,1-4H3,(H,29,40). The van der Waals surface area contributed by atoms with Gasteiger partial charge in [-0.2, -0.15) is 4.98 Å². The molecule has 0 aliphatic carbocycles. The van der Waals surface area contributed by atoms with Gasteiger partial charge in [-0.05, 0) is 42.0 Å². The number of hydrogen-bond acceptors (Lipinski definition) is 7. The fraction of sp³-hybridized carbons (Fsp3) is 0.333. The van der Waals surface area contributed by atoms with Crippen molar-refractivity contribution in [2.24, 2.45) is 14.1 Å². The average Bonchev–Trinajstić information content (AvgIpc) is 3.35. The zero-order valence-corrected chi connectivity index (χ0v) is 25.1. The van der Waals surface area contributed by atoms with Gasteiger partial charge in [-0.25, -0.2) is 4.79 Å². The fourth-order valence-electron chi connectivity index (χ4n) is 4.80. The number of hydrogen-bond donors (Lipinski definition) is 1. The highest BCUT2D eigenvalue weighted by Crippen LogP contribution is 2.30. The number of nitrogens with zero attached hydrogens (tertiary/aromatic N) is 6. The summed E-state index contributed by atoms with van der Waals surface area (Å²) in [5, 5.41) is 3.87. The van der Waals surface area contributed by atoms with Gasteiger partial charge in [-0.15, -0.1) is 0 Å². The first kappa shape index (κ1) is 27.7. The molecule has 1 fully saturated rings. The van der Waals surface area contributed by atoms with E-state index in [2.05, 4.69) is 31.0 Å². The van der Waals surface area contributed by atoms with Crippen LogP contribution in [0.25, 0.3) is 11.2 Å². The maximum absolute atomic E-state index is 13.3. The maximum Gasteiger partial charge on any atom is 0.332 e. The number of methoxy groups -OCH3 is 2. The predicted molar refractivity (Wildman–Crippen MR) is 163 cm³/mol. The number of nitrogens with one attached hydrogen (secondary N) is 1. The minimum Gasteiger partial charge on any atom is -0.497 e. The van der Waals surface area contributed by atoms with Gasteiger partial charge < -0.3 is 24.6 Å². The molecule has 4 aromatic rings. The lowest BCUT2D eigenvalue weighted by Gasteiger charge is -2.37. The number of piperazine rings is 1. The third-order valence-electron chi connectivity index (χ3n) is 7.08. The molecular weight excluding hydrogens is 598 g/mol. The first-order chi connectivity index (χ1) is 19.2. The Morgan fingerprint density at radius 3 is 2.35 bits per heavy atom. The van der Waals surface area contributed by atoms with Gasteiger partial charge in [0.1, 0.15) is 11.5 Å². The van der Waals surface area contributed by atoms with E-state index in [0.717, 1.165) is 20.3 Å². The van der Waals surface area contributed by atoms with Crippen LogP contribution in [0.2, 0.25) is 0 Å². The van der Waals surface area contributed by atoms with Crippen LogP contribution in [0.3, 0.4) is 0 Å². The Labute approximate surface area is 244 Å². The van der Waals surface area contributed by atoms with Crippen molar-refractivity contribution in [1.82, 2.24) is 23.6 Å². The van der Waals surface area contributed by atoms with Gasteiger partial charge in [-0.3, -0.25) is 18.5 Å². The van der Waals surface area contributed by atoms with Crippen molar-refractivity contribution < 1.29 is 9.47 Å². The molecule has 0 radical (unpaired) electrons. The molecule has 0 spiro atoms. The van der Waals surface area contributed by atoms with Crippen molar-refractivity contribution in [3.05, 3.63) is 73.3 Å². The number of aryl methyl sites for hydroxylation is 1. The van der Waals surface area contributed by atoms with E-state index in [0.29, 0.717) is 66.4 Å². The van der Waals surface area contributed by atoms with Gasteiger partial charge in [0.2, 0.25) is 5.95 Å². The van der Waals surface area contributed by atoms with Crippen LogP contribution < -0.4 is 30.9 Å². The molecular formula is C27H30BrN7O4S. The normalized spacial score (nSPS) is 13.5. The number of aromatic nitrogens is 4. The summed E-state index contributed by atoms with van der Waals surface area (Å²) in [5.74, 6) is 1.97. The SMILES string of the molecule is COc1ccc(NC(=S)N2CCN(c3nc4c(c(=O)n(C)c(=O)n4C)n3Cc3ccc(Br)cc3)CC2)c(OC)c1. The van der Waals surface area contributed by atoms with E-state index in [9.17, 15) is 9.59 Å². The summed E-state index contributed by atoms with van der Waals surface area (Å²) in [6, 6.07) is 13.5. The molecule has 0 unspecified atom stereocenters. The number of halogens is 1. The zero-order chi connectivity index (χ0) is 28.6. The Morgan fingerprint density at radius 2 is 1.70 bits per heavy atom. The summed E-state index contributed by atoms with van der Waals surface area (Å²) >= 11 is 9.20. The summed E-state index contributed by atoms with van der Waals surface area (Å²) in [4.78, 5) is 35.0. The molecule has 3 heterocycles. The van der Waals surface area contributed by atoms with Gasteiger partial charge in [0, 0.05) is 50.8 Å². The first-order valence-corrected chi connectivity index (χ1v) is 13.9. The van der Waals surface area contributed by atoms with E-state index in [1.54, 1.807) is 27.3 Å². The molecule has 210 valence electrons. The molecule has 0 amide bonds. The molecule has 1 N–H and O–H groups in total. The summed E-state index contributed by atoms with van der Waals surface area (Å²) in [7, 11) is 6.34. The van der Waals surface area contributed by atoms with E-state index in [4.69, 9.17) is 26.7 Å². The number of anilines is 2. The smallest absolute Gasteiger partial charge is 0.332 e. The second-order valence-electron chi connectivity index (χ2n) is 9.47. The first-order valence-electron chi connectivity index (χ1n) is 12.7. The third kappa shape index (κ3) is 5.18. The highest BCUT2D eigenvalue weighted by Gasteiger charge is 2.27. The van der Waals surface area contributed by atoms with Crippen LogP contribution in [0.15, 0.2) is 56.5 Å².